The Balaban J connectivity index is 2.16. The smallest absolute Gasteiger partial charge is 0.180 e. The fraction of sp³-hybridized carbons (Fsp3) is 0.0833. The third kappa shape index (κ3) is 2.63. The van der Waals surface area contributed by atoms with E-state index in [0.717, 1.165) is 0 Å². The highest BCUT2D eigenvalue weighted by Gasteiger charge is 2.12. The third-order valence-electron chi connectivity index (χ3n) is 2.14. The molecule has 2 aromatic rings. The van der Waals surface area contributed by atoms with E-state index < -0.39 is 5.82 Å². The number of hydrogen-bond donors (Lipinski definition) is 0. The second kappa shape index (κ2) is 5.56. The van der Waals surface area contributed by atoms with Gasteiger partial charge in [-0.05, 0) is 34.1 Å². The molecule has 6 heteroatoms. The molecule has 0 amide bonds. The second-order valence-electron chi connectivity index (χ2n) is 3.30. The molecule has 1 aromatic carbocycles. The molecule has 0 bridgehead atoms. The summed E-state index contributed by atoms with van der Waals surface area (Å²) in [6.45, 7) is 0.0656. The molecule has 1 aromatic heterocycles. The summed E-state index contributed by atoms with van der Waals surface area (Å²) in [6, 6.07) is 6.44. The van der Waals surface area contributed by atoms with Crippen LogP contribution < -0.4 is 4.74 Å². The van der Waals surface area contributed by atoms with Gasteiger partial charge >= 0.3 is 0 Å². The number of hydrogen-bond acceptors (Lipinski definition) is 4. The predicted octanol–water partition coefficient (Wildman–Crippen LogP) is 2.83. The maximum absolute atomic E-state index is 13.8. The van der Waals surface area contributed by atoms with Crippen LogP contribution >= 0.6 is 15.9 Å². The highest BCUT2D eigenvalue weighted by molar-refractivity contribution is 9.10. The average Bonchev–Trinajstić information content (AvgIpc) is 2.42. The molecule has 0 saturated carbocycles. The van der Waals surface area contributed by atoms with Gasteiger partial charge in [0.15, 0.2) is 17.4 Å². The van der Waals surface area contributed by atoms with Gasteiger partial charge in [-0.2, -0.15) is 5.26 Å². The van der Waals surface area contributed by atoms with Crippen molar-refractivity contribution in [1.82, 2.24) is 9.97 Å². The van der Waals surface area contributed by atoms with Gasteiger partial charge in [-0.1, -0.05) is 0 Å². The monoisotopic (exact) mass is 307 g/mol. The maximum atomic E-state index is 13.8. The van der Waals surface area contributed by atoms with Crippen molar-refractivity contribution in [2.75, 3.05) is 0 Å². The molecule has 0 aliphatic heterocycles. The number of nitrogens with zero attached hydrogens (tertiary/aromatic N) is 3. The van der Waals surface area contributed by atoms with Crippen LogP contribution in [-0.2, 0) is 6.61 Å². The van der Waals surface area contributed by atoms with Crippen LogP contribution in [-0.4, -0.2) is 9.97 Å². The van der Waals surface area contributed by atoms with E-state index in [1.807, 2.05) is 6.07 Å². The van der Waals surface area contributed by atoms with Gasteiger partial charge in [0.05, 0.1) is 10.0 Å². The first-order chi connectivity index (χ1) is 8.72. The first-order valence-electron chi connectivity index (χ1n) is 4.99. The summed E-state index contributed by atoms with van der Waals surface area (Å²) >= 11 is 3.01. The van der Waals surface area contributed by atoms with Gasteiger partial charge in [0.2, 0.25) is 0 Å². The van der Waals surface area contributed by atoms with Crippen LogP contribution in [0.15, 0.2) is 35.1 Å². The SMILES string of the molecule is N#Cc1ccc(OCc2ncccn2)c(F)c1Br. The molecule has 0 aliphatic rings. The normalized spacial score (nSPS) is 9.83. The van der Waals surface area contributed by atoms with Crippen LogP contribution in [0, 0.1) is 17.1 Å². The van der Waals surface area contributed by atoms with Crippen molar-refractivity contribution in [3.8, 4) is 11.8 Å². The first kappa shape index (κ1) is 12.5. The van der Waals surface area contributed by atoms with Gasteiger partial charge in [0.1, 0.15) is 12.7 Å². The van der Waals surface area contributed by atoms with Crippen molar-refractivity contribution in [3.05, 3.63) is 52.3 Å². The lowest BCUT2D eigenvalue weighted by atomic mass is 10.2. The van der Waals surface area contributed by atoms with Crippen molar-refractivity contribution in [2.24, 2.45) is 0 Å². The number of aromatic nitrogens is 2. The number of benzene rings is 1. The van der Waals surface area contributed by atoms with Crippen molar-refractivity contribution in [1.29, 1.82) is 5.26 Å². The van der Waals surface area contributed by atoms with Crippen molar-refractivity contribution >= 4 is 15.9 Å². The fourth-order valence-corrected chi connectivity index (χ4v) is 1.69. The summed E-state index contributed by atoms with van der Waals surface area (Å²) in [5.41, 5.74) is 0.218. The topological polar surface area (TPSA) is 58.8 Å². The lowest BCUT2D eigenvalue weighted by Gasteiger charge is -2.07. The highest BCUT2D eigenvalue weighted by Crippen LogP contribution is 2.28. The maximum Gasteiger partial charge on any atom is 0.180 e. The number of ether oxygens (including phenoxy) is 1. The van der Waals surface area contributed by atoms with Crippen LogP contribution in [0.3, 0.4) is 0 Å². The molecule has 0 unspecified atom stereocenters. The predicted molar refractivity (Wildman–Crippen MR) is 65.2 cm³/mol. The Hall–Kier alpha value is -2.00. The molecule has 0 radical (unpaired) electrons. The Morgan fingerprint density at radius 3 is 2.72 bits per heavy atom. The Kier molecular flexibility index (Phi) is 3.85. The molecule has 90 valence electrons. The molecule has 4 nitrogen and oxygen atoms in total. The van der Waals surface area contributed by atoms with Gasteiger partial charge in [-0.3, -0.25) is 0 Å². The summed E-state index contributed by atoms with van der Waals surface area (Å²) in [4.78, 5) is 7.91. The van der Waals surface area contributed by atoms with E-state index >= 15 is 0 Å². The minimum absolute atomic E-state index is 0.0494. The largest absolute Gasteiger partial charge is 0.482 e. The molecule has 0 atom stereocenters. The molecule has 1 heterocycles. The van der Waals surface area contributed by atoms with Crippen LogP contribution in [0.4, 0.5) is 4.39 Å². The standard InChI is InChI=1S/C12H7BrFN3O/c13-11-8(6-15)2-3-9(12(11)14)18-7-10-16-4-1-5-17-10/h1-5H,7H2. The van der Waals surface area contributed by atoms with E-state index in [1.54, 1.807) is 18.5 Å². The molecular formula is C12H7BrFN3O. The van der Waals surface area contributed by atoms with Gasteiger partial charge in [-0.15, -0.1) is 0 Å². The van der Waals surface area contributed by atoms with Crippen molar-refractivity contribution < 1.29 is 9.13 Å². The van der Waals surface area contributed by atoms with Gasteiger partial charge in [-0.25, -0.2) is 14.4 Å². The Morgan fingerprint density at radius 2 is 2.06 bits per heavy atom. The molecule has 2 rings (SSSR count). The van der Waals surface area contributed by atoms with Crippen molar-refractivity contribution in [2.45, 2.75) is 6.61 Å². The minimum atomic E-state index is -0.606. The van der Waals surface area contributed by atoms with Crippen LogP contribution in [0.5, 0.6) is 5.75 Å². The summed E-state index contributed by atoms with van der Waals surface area (Å²) in [6.07, 6.45) is 3.16. The fourth-order valence-electron chi connectivity index (χ4n) is 1.28. The molecule has 0 N–H and O–H groups in total. The lowest BCUT2D eigenvalue weighted by molar-refractivity contribution is 0.280. The number of halogens is 2. The molecule has 0 fully saturated rings. The number of nitriles is 1. The first-order valence-corrected chi connectivity index (χ1v) is 5.78. The third-order valence-corrected chi connectivity index (χ3v) is 2.92. The zero-order chi connectivity index (χ0) is 13.0. The zero-order valence-electron chi connectivity index (χ0n) is 9.10. The zero-order valence-corrected chi connectivity index (χ0v) is 10.7. The Morgan fingerprint density at radius 1 is 1.33 bits per heavy atom. The second-order valence-corrected chi connectivity index (χ2v) is 4.10. The van der Waals surface area contributed by atoms with Crippen LogP contribution in [0.25, 0.3) is 0 Å². The molecular weight excluding hydrogens is 301 g/mol. The lowest BCUT2D eigenvalue weighted by Crippen LogP contribution is -2.02. The van der Waals surface area contributed by atoms with Gasteiger partial charge in [0, 0.05) is 12.4 Å². The van der Waals surface area contributed by atoms with E-state index in [2.05, 4.69) is 25.9 Å². The Labute approximate surface area is 111 Å². The van der Waals surface area contributed by atoms with E-state index in [-0.39, 0.29) is 22.4 Å². The quantitative estimate of drug-likeness (QED) is 0.875. The van der Waals surface area contributed by atoms with Crippen LogP contribution in [0.2, 0.25) is 0 Å². The van der Waals surface area contributed by atoms with Crippen molar-refractivity contribution in [3.63, 3.8) is 0 Å². The van der Waals surface area contributed by atoms with E-state index in [1.165, 1.54) is 12.1 Å². The van der Waals surface area contributed by atoms with Gasteiger partial charge in [0.25, 0.3) is 0 Å². The molecule has 18 heavy (non-hydrogen) atoms. The van der Waals surface area contributed by atoms with Crippen LogP contribution in [0.1, 0.15) is 11.4 Å². The number of rotatable bonds is 3. The highest BCUT2D eigenvalue weighted by atomic mass is 79.9. The minimum Gasteiger partial charge on any atom is -0.482 e. The molecule has 0 aliphatic carbocycles. The molecule has 0 spiro atoms. The van der Waals surface area contributed by atoms with Gasteiger partial charge < -0.3 is 4.74 Å². The van der Waals surface area contributed by atoms with E-state index in [0.29, 0.717) is 5.82 Å². The Bertz CT molecular complexity index is 598. The van der Waals surface area contributed by atoms with E-state index in [9.17, 15) is 4.39 Å². The summed E-state index contributed by atoms with van der Waals surface area (Å²) in [7, 11) is 0. The average molecular weight is 308 g/mol. The summed E-state index contributed by atoms with van der Waals surface area (Å²) < 4.78 is 19.1. The summed E-state index contributed by atoms with van der Waals surface area (Å²) in [5.74, 6) is -0.101. The molecule has 0 saturated heterocycles. The van der Waals surface area contributed by atoms with E-state index in [4.69, 9.17) is 10.00 Å². The summed E-state index contributed by atoms with van der Waals surface area (Å²) in [5, 5.41) is 8.73.